The number of hydrogen-bond donors (Lipinski definition) is 0. The van der Waals surface area contributed by atoms with Gasteiger partial charge in [0.05, 0.1) is 12.7 Å². The Kier molecular flexibility index (Phi) is 6.31. The van der Waals surface area contributed by atoms with Crippen molar-refractivity contribution in [2.24, 2.45) is 0 Å². The third-order valence-electron chi connectivity index (χ3n) is 3.58. The number of methoxy groups -OCH3 is 1. The third-order valence-corrected chi connectivity index (χ3v) is 3.94. The second-order valence-corrected chi connectivity index (χ2v) is 5.75. The first-order chi connectivity index (χ1) is 11.9. The summed E-state index contributed by atoms with van der Waals surface area (Å²) in [6, 6.07) is 11.0. The van der Waals surface area contributed by atoms with E-state index in [4.69, 9.17) is 11.6 Å². The van der Waals surface area contributed by atoms with Crippen LogP contribution in [-0.4, -0.2) is 30.9 Å². The Morgan fingerprint density at radius 3 is 2.48 bits per heavy atom. The molecule has 2 aromatic rings. The summed E-state index contributed by atoms with van der Waals surface area (Å²) in [5.74, 6) is -1.17. The predicted octanol–water partition coefficient (Wildman–Crippen LogP) is 3.94. The molecule has 2 rings (SSSR count). The van der Waals surface area contributed by atoms with Crippen molar-refractivity contribution in [1.29, 1.82) is 0 Å². The average molecular weight is 362 g/mol. The zero-order chi connectivity index (χ0) is 18.4. The number of nitrogens with zero attached hydrogens (tertiary/aromatic N) is 1. The minimum absolute atomic E-state index is 0.0654. The molecule has 2 aromatic carbocycles. The largest absolute Gasteiger partial charge is 0.465 e. The molecule has 6 heteroatoms. The van der Waals surface area contributed by atoms with Crippen LogP contribution in [0.2, 0.25) is 5.02 Å². The van der Waals surface area contributed by atoms with Gasteiger partial charge in [-0.3, -0.25) is 4.79 Å². The number of likely N-dealkylation sites (N-methyl/N-ethyl adjacent to an activating group) is 1. The molecule has 0 aliphatic rings. The molecule has 0 aliphatic heterocycles. The number of ether oxygens (including phenoxy) is 1. The number of esters is 1. The lowest BCUT2D eigenvalue weighted by Gasteiger charge is -2.16. The predicted molar refractivity (Wildman–Crippen MR) is 94.7 cm³/mol. The van der Waals surface area contributed by atoms with Crippen molar-refractivity contribution in [2.75, 3.05) is 14.2 Å². The molecule has 0 saturated carbocycles. The standard InChI is InChI=1S/C19H17ClFNO3/c1-22(12-15-16(20)4-3-5-17(15)21)18(23)11-8-13-6-9-14(10-7-13)19(24)25-2/h3-11H,12H2,1-2H3/b11-8+. The van der Waals surface area contributed by atoms with E-state index in [2.05, 4.69) is 4.74 Å². The van der Waals surface area contributed by atoms with Gasteiger partial charge >= 0.3 is 5.97 Å². The Morgan fingerprint density at radius 2 is 1.88 bits per heavy atom. The fourth-order valence-corrected chi connectivity index (χ4v) is 2.36. The van der Waals surface area contributed by atoms with Gasteiger partial charge in [0.15, 0.2) is 0 Å². The molecule has 0 spiro atoms. The first-order valence-electron chi connectivity index (χ1n) is 7.47. The molecule has 0 N–H and O–H groups in total. The van der Waals surface area contributed by atoms with E-state index < -0.39 is 11.8 Å². The Labute approximate surface area is 150 Å². The lowest BCUT2D eigenvalue weighted by atomic mass is 10.1. The second kappa shape index (κ2) is 8.44. The van der Waals surface area contributed by atoms with Crippen molar-refractivity contribution in [3.63, 3.8) is 0 Å². The zero-order valence-corrected chi connectivity index (χ0v) is 14.6. The maximum Gasteiger partial charge on any atom is 0.337 e. The molecule has 0 saturated heterocycles. The van der Waals surface area contributed by atoms with Crippen LogP contribution in [-0.2, 0) is 16.1 Å². The normalized spacial score (nSPS) is 10.7. The maximum absolute atomic E-state index is 13.8. The minimum Gasteiger partial charge on any atom is -0.465 e. The molecule has 130 valence electrons. The van der Waals surface area contributed by atoms with Crippen molar-refractivity contribution >= 4 is 29.6 Å². The average Bonchev–Trinajstić information content (AvgIpc) is 2.62. The SMILES string of the molecule is COC(=O)c1ccc(/C=C/C(=O)N(C)Cc2c(F)cccc2Cl)cc1. The number of hydrogen-bond acceptors (Lipinski definition) is 3. The molecule has 0 bridgehead atoms. The summed E-state index contributed by atoms with van der Waals surface area (Å²) in [6.07, 6.45) is 2.99. The number of halogens is 2. The summed E-state index contributed by atoms with van der Waals surface area (Å²) in [7, 11) is 2.88. The summed E-state index contributed by atoms with van der Waals surface area (Å²) in [5, 5.41) is 0.280. The van der Waals surface area contributed by atoms with Gasteiger partial charge in [0.2, 0.25) is 5.91 Å². The van der Waals surface area contributed by atoms with E-state index in [9.17, 15) is 14.0 Å². The molecular weight excluding hydrogens is 345 g/mol. The highest BCUT2D eigenvalue weighted by Gasteiger charge is 2.12. The third kappa shape index (κ3) is 4.90. The van der Waals surface area contributed by atoms with Crippen LogP contribution in [0.4, 0.5) is 4.39 Å². The van der Waals surface area contributed by atoms with Gasteiger partial charge in [0.25, 0.3) is 0 Å². The molecule has 0 aromatic heterocycles. The van der Waals surface area contributed by atoms with Crippen LogP contribution < -0.4 is 0 Å². The van der Waals surface area contributed by atoms with Crippen LogP contribution in [0.1, 0.15) is 21.5 Å². The monoisotopic (exact) mass is 361 g/mol. The Morgan fingerprint density at radius 1 is 1.20 bits per heavy atom. The molecule has 0 aliphatic carbocycles. The maximum atomic E-state index is 13.8. The van der Waals surface area contributed by atoms with Crippen LogP contribution in [0.5, 0.6) is 0 Å². The summed E-state index contributed by atoms with van der Waals surface area (Å²) >= 11 is 5.97. The summed E-state index contributed by atoms with van der Waals surface area (Å²) in [4.78, 5) is 24.9. The molecule has 0 radical (unpaired) electrons. The van der Waals surface area contributed by atoms with E-state index in [0.29, 0.717) is 5.56 Å². The van der Waals surface area contributed by atoms with Gasteiger partial charge in [-0.1, -0.05) is 29.8 Å². The Hall–Kier alpha value is -2.66. The van der Waals surface area contributed by atoms with Crippen molar-refractivity contribution in [1.82, 2.24) is 4.90 Å². The number of carbonyl (C=O) groups is 2. The van der Waals surface area contributed by atoms with Crippen molar-refractivity contribution in [2.45, 2.75) is 6.54 Å². The summed E-state index contributed by atoms with van der Waals surface area (Å²) < 4.78 is 18.4. The minimum atomic E-state index is -0.450. The van der Waals surface area contributed by atoms with Gasteiger partial charge in [0.1, 0.15) is 5.82 Å². The molecule has 1 amide bonds. The van der Waals surface area contributed by atoms with E-state index in [1.807, 2.05) is 0 Å². The smallest absolute Gasteiger partial charge is 0.337 e. The van der Waals surface area contributed by atoms with E-state index >= 15 is 0 Å². The van der Waals surface area contributed by atoms with Crippen LogP contribution >= 0.6 is 11.6 Å². The molecule has 4 nitrogen and oxygen atoms in total. The van der Waals surface area contributed by atoms with Crippen LogP contribution in [0, 0.1) is 5.82 Å². The number of carbonyl (C=O) groups excluding carboxylic acids is 2. The second-order valence-electron chi connectivity index (χ2n) is 5.34. The Bertz CT molecular complexity index is 783. The topological polar surface area (TPSA) is 46.6 Å². The van der Waals surface area contributed by atoms with Crippen molar-refractivity contribution < 1.29 is 18.7 Å². The highest BCUT2D eigenvalue weighted by Crippen LogP contribution is 2.20. The molecule has 0 fully saturated rings. The highest BCUT2D eigenvalue weighted by atomic mass is 35.5. The van der Waals surface area contributed by atoms with Crippen LogP contribution in [0.15, 0.2) is 48.5 Å². The van der Waals surface area contributed by atoms with Crippen LogP contribution in [0.25, 0.3) is 6.08 Å². The summed E-state index contributed by atoms with van der Waals surface area (Å²) in [5.41, 5.74) is 1.45. The zero-order valence-electron chi connectivity index (χ0n) is 13.8. The fraction of sp³-hybridized carbons (Fsp3) is 0.158. The molecule has 0 heterocycles. The van der Waals surface area contributed by atoms with E-state index in [0.717, 1.165) is 5.56 Å². The van der Waals surface area contributed by atoms with Crippen molar-refractivity contribution in [3.05, 3.63) is 76.1 Å². The van der Waals surface area contributed by atoms with E-state index in [-0.39, 0.29) is 23.0 Å². The number of amides is 1. The first-order valence-corrected chi connectivity index (χ1v) is 7.84. The van der Waals surface area contributed by atoms with E-state index in [1.54, 1.807) is 43.5 Å². The van der Waals surface area contributed by atoms with Gasteiger partial charge in [-0.2, -0.15) is 0 Å². The van der Waals surface area contributed by atoms with Crippen molar-refractivity contribution in [3.8, 4) is 0 Å². The fourth-order valence-electron chi connectivity index (χ4n) is 2.14. The first kappa shape index (κ1) is 18.7. The molecule has 0 unspecified atom stereocenters. The Balaban J connectivity index is 2.03. The van der Waals surface area contributed by atoms with Gasteiger partial charge < -0.3 is 9.64 Å². The molecular formula is C19H17ClFNO3. The highest BCUT2D eigenvalue weighted by molar-refractivity contribution is 6.31. The van der Waals surface area contributed by atoms with Crippen LogP contribution in [0.3, 0.4) is 0 Å². The summed E-state index contributed by atoms with van der Waals surface area (Å²) in [6.45, 7) is 0.0654. The van der Waals surface area contributed by atoms with Gasteiger partial charge in [-0.25, -0.2) is 9.18 Å². The quantitative estimate of drug-likeness (QED) is 0.598. The van der Waals surface area contributed by atoms with Gasteiger partial charge in [-0.15, -0.1) is 0 Å². The van der Waals surface area contributed by atoms with Gasteiger partial charge in [0, 0.05) is 30.3 Å². The molecule has 0 atom stereocenters. The van der Waals surface area contributed by atoms with Gasteiger partial charge in [-0.05, 0) is 35.9 Å². The molecule has 25 heavy (non-hydrogen) atoms. The lowest BCUT2D eigenvalue weighted by Crippen LogP contribution is -2.24. The van der Waals surface area contributed by atoms with E-state index in [1.165, 1.54) is 30.2 Å². The lowest BCUT2D eigenvalue weighted by molar-refractivity contribution is -0.125. The number of benzene rings is 2. The number of rotatable bonds is 5.